The molecule has 0 N–H and O–H groups in total. The van der Waals surface area contributed by atoms with Crippen molar-refractivity contribution in [2.24, 2.45) is 11.8 Å². The standard InChI is InChI=1S/C10H15NO3/c1-7(8-2-3-8)4-11-5-9(12)14-10(13)6-11/h7-8H,2-6H2,1H3. The molecule has 1 atom stereocenters. The van der Waals surface area contributed by atoms with Crippen molar-refractivity contribution in [3.8, 4) is 0 Å². The Labute approximate surface area is 83.2 Å². The van der Waals surface area contributed by atoms with Crippen LogP contribution >= 0.6 is 0 Å². The van der Waals surface area contributed by atoms with Crippen LogP contribution in [0.2, 0.25) is 0 Å². The summed E-state index contributed by atoms with van der Waals surface area (Å²) < 4.78 is 4.45. The van der Waals surface area contributed by atoms with Crippen molar-refractivity contribution in [2.45, 2.75) is 19.8 Å². The second kappa shape index (κ2) is 3.69. The summed E-state index contributed by atoms with van der Waals surface area (Å²) in [5.41, 5.74) is 0. The number of carbonyl (C=O) groups is 2. The molecule has 0 aromatic carbocycles. The first kappa shape index (κ1) is 9.65. The molecule has 1 aliphatic carbocycles. The summed E-state index contributed by atoms with van der Waals surface area (Å²) in [5.74, 6) is 0.574. The zero-order valence-corrected chi connectivity index (χ0v) is 8.36. The van der Waals surface area contributed by atoms with Crippen molar-refractivity contribution < 1.29 is 14.3 Å². The molecule has 1 saturated carbocycles. The van der Waals surface area contributed by atoms with E-state index >= 15 is 0 Å². The van der Waals surface area contributed by atoms with Crippen LogP contribution in [0, 0.1) is 11.8 Å². The molecule has 78 valence electrons. The van der Waals surface area contributed by atoms with Gasteiger partial charge in [-0.25, -0.2) is 0 Å². The average molecular weight is 197 g/mol. The molecule has 2 fully saturated rings. The summed E-state index contributed by atoms with van der Waals surface area (Å²) in [6.07, 6.45) is 2.60. The maximum atomic E-state index is 11.0. The molecule has 14 heavy (non-hydrogen) atoms. The number of cyclic esters (lactones) is 2. The average Bonchev–Trinajstić information content (AvgIpc) is 2.82. The summed E-state index contributed by atoms with van der Waals surface area (Å²) in [6.45, 7) is 3.55. The molecular formula is C10H15NO3. The molecule has 2 aliphatic rings. The van der Waals surface area contributed by atoms with Crippen molar-refractivity contribution in [2.75, 3.05) is 19.6 Å². The highest BCUT2D eigenvalue weighted by Crippen LogP contribution is 2.36. The summed E-state index contributed by atoms with van der Waals surface area (Å²) in [7, 11) is 0. The molecule has 0 amide bonds. The van der Waals surface area contributed by atoms with E-state index in [0.29, 0.717) is 5.92 Å². The van der Waals surface area contributed by atoms with Crippen LogP contribution < -0.4 is 0 Å². The number of hydrogen-bond acceptors (Lipinski definition) is 4. The van der Waals surface area contributed by atoms with E-state index in [1.54, 1.807) is 0 Å². The topological polar surface area (TPSA) is 46.6 Å². The van der Waals surface area contributed by atoms with Gasteiger partial charge in [0.15, 0.2) is 0 Å². The van der Waals surface area contributed by atoms with E-state index in [9.17, 15) is 9.59 Å². The van der Waals surface area contributed by atoms with Crippen molar-refractivity contribution in [3.63, 3.8) is 0 Å². The smallest absolute Gasteiger partial charge is 0.327 e. The van der Waals surface area contributed by atoms with E-state index in [0.717, 1.165) is 12.5 Å². The molecule has 4 heteroatoms. The second-order valence-electron chi connectivity index (χ2n) is 4.33. The van der Waals surface area contributed by atoms with Crippen LogP contribution in [-0.2, 0) is 14.3 Å². The first-order valence-corrected chi connectivity index (χ1v) is 5.11. The van der Waals surface area contributed by atoms with Crippen LogP contribution in [0.5, 0.6) is 0 Å². The number of ether oxygens (including phenoxy) is 1. The van der Waals surface area contributed by atoms with Crippen LogP contribution in [0.25, 0.3) is 0 Å². The predicted octanol–water partition coefficient (Wildman–Crippen LogP) is 0.418. The molecule has 1 heterocycles. The summed E-state index contributed by atoms with van der Waals surface area (Å²) >= 11 is 0. The van der Waals surface area contributed by atoms with Gasteiger partial charge in [0, 0.05) is 6.54 Å². The van der Waals surface area contributed by atoms with E-state index in [4.69, 9.17) is 0 Å². The van der Waals surface area contributed by atoms with Crippen LogP contribution in [0.4, 0.5) is 0 Å². The van der Waals surface area contributed by atoms with Gasteiger partial charge in [0.1, 0.15) is 0 Å². The Morgan fingerprint density at radius 1 is 1.36 bits per heavy atom. The fraction of sp³-hybridized carbons (Fsp3) is 0.800. The lowest BCUT2D eigenvalue weighted by atomic mass is 10.1. The van der Waals surface area contributed by atoms with Gasteiger partial charge in [-0.05, 0) is 24.7 Å². The fourth-order valence-electron chi connectivity index (χ4n) is 1.96. The normalized spacial score (nSPS) is 26.1. The van der Waals surface area contributed by atoms with E-state index in [1.165, 1.54) is 12.8 Å². The molecule has 0 bridgehead atoms. The number of rotatable bonds is 3. The Hall–Kier alpha value is -0.900. The first-order chi connectivity index (χ1) is 6.65. The van der Waals surface area contributed by atoms with Crippen LogP contribution in [0.1, 0.15) is 19.8 Å². The second-order valence-corrected chi connectivity index (χ2v) is 4.33. The molecule has 4 nitrogen and oxygen atoms in total. The van der Waals surface area contributed by atoms with E-state index in [2.05, 4.69) is 11.7 Å². The summed E-state index contributed by atoms with van der Waals surface area (Å²) in [5, 5.41) is 0. The Morgan fingerprint density at radius 3 is 2.43 bits per heavy atom. The van der Waals surface area contributed by atoms with Gasteiger partial charge in [-0.1, -0.05) is 6.92 Å². The van der Waals surface area contributed by atoms with E-state index < -0.39 is 11.9 Å². The third-order valence-electron chi connectivity index (χ3n) is 2.91. The van der Waals surface area contributed by atoms with Gasteiger partial charge in [0.2, 0.25) is 0 Å². The SMILES string of the molecule is CC(CN1CC(=O)OC(=O)C1)C1CC1. The highest BCUT2D eigenvalue weighted by atomic mass is 16.6. The molecule has 1 unspecified atom stereocenters. The van der Waals surface area contributed by atoms with E-state index in [1.807, 2.05) is 4.90 Å². The Morgan fingerprint density at radius 2 is 1.93 bits per heavy atom. The summed E-state index contributed by atoms with van der Waals surface area (Å²) in [4.78, 5) is 23.8. The highest BCUT2D eigenvalue weighted by Gasteiger charge is 2.32. The maximum absolute atomic E-state index is 11.0. The van der Waals surface area contributed by atoms with Crippen molar-refractivity contribution in [1.82, 2.24) is 4.90 Å². The van der Waals surface area contributed by atoms with Gasteiger partial charge in [-0.15, -0.1) is 0 Å². The number of morpholine rings is 1. The van der Waals surface area contributed by atoms with Crippen LogP contribution in [0.15, 0.2) is 0 Å². The minimum absolute atomic E-state index is 0.267. The monoisotopic (exact) mass is 197 g/mol. The largest absolute Gasteiger partial charge is 0.391 e. The fourth-order valence-corrected chi connectivity index (χ4v) is 1.96. The van der Waals surface area contributed by atoms with Crippen LogP contribution in [-0.4, -0.2) is 36.5 Å². The highest BCUT2D eigenvalue weighted by molar-refractivity contribution is 5.90. The number of hydrogen-bond donors (Lipinski definition) is 0. The van der Waals surface area contributed by atoms with Gasteiger partial charge in [-0.2, -0.15) is 0 Å². The number of carbonyl (C=O) groups excluding carboxylic acids is 2. The molecule has 1 aliphatic heterocycles. The Balaban J connectivity index is 1.84. The maximum Gasteiger partial charge on any atom is 0.327 e. The zero-order chi connectivity index (χ0) is 10.1. The van der Waals surface area contributed by atoms with E-state index in [-0.39, 0.29) is 13.1 Å². The minimum atomic E-state index is -0.413. The molecule has 2 rings (SSSR count). The first-order valence-electron chi connectivity index (χ1n) is 5.11. The Bertz CT molecular complexity index is 244. The van der Waals surface area contributed by atoms with Gasteiger partial charge >= 0.3 is 11.9 Å². The molecular weight excluding hydrogens is 182 g/mol. The van der Waals surface area contributed by atoms with Gasteiger partial charge in [0.05, 0.1) is 13.1 Å². The lowest BCUT2D eigenvalue weighted by Gasteiger charge is -2.26. The van der Waals surface area contributed by atoms with Crippen molar-refractivity contribution >= 4 is 11.9 Å². The lowest BCUT2D eigenvalue weighted by molar-refractivity contribution is -0.167. The van der Waals surface area contributed by atoms with Gasteiger partial charge in [-0.3, -0.25) is 14.5 Å². The minimum Gasteiger partial charge on any atom is -0.391 e. The quantitative estimate of drug-likeness (QED) is 0.486. The summed E-state index contributed by atoms with van der Waals surface area (Å²) in [6, 6.07) is 0. The molecule has 0 aromatic rings. The van der Waals surface area contributed by atoms with Crippen LogP contribution in [0.3, 0.4) is 0 Å². The zero-order valence-electron chi connectivity index (χ0n) is 8.36. The third-order valence-corrected chi connectivity index (χ3v) is 2.91. The molecule has 0 radical (unpaired) electrons. The third kappa shape index (κ3) is 2.32. The molecule has 1 saturated heterocycles. The molecule has 0 spiro atoms. The number of esters is 2. The molecule has 0 aromatic heterocycles. The van der Waals surface area contributed by atoms with Gasteiger partial charge < -0.3 is 4.74 Å². The van der Waals surface area contributed by atoms with Gasteiger partial charge in [0.25, 0.3) is 0 Å². The Kier molecular flexibility index (Phi) is 2.54. The predicted molar refractivity (Wildman–Crippen MR) is 49.4 cm³/mol. The van der Waals surface area contributed by atoms with Crippen molar-refractivity contribution in [1.29, 1.82) is 0 Å². The number of nitrogens with zero attached hydrogens (tertiary/aromatic N) is 1. The lowest BCUT2D eigenvalue weighted by Crippen LogP contribution is -2.44. The van der Waals surface area contributed by atoms with Crippen molar-refractivity contribution in [3.05, 3.63) is 0 Å².